The molecule has 1 fully saturated rings. The van der Waals surface area contributed by atoms with Gasteiger partial charge in [-0.05, 0) is 30.9 Å². The number of carbonyl (C=O) groups is 1. The maximum Gasteiger partial charge on any atom is 0.330 e. The highest BCUT2D eigenvalue weighted by atomic mass is 16.2. The Morgan fingerprint density at radius 3 is 2.44 bits per heavy atom. The molecule has 0 aromatic carbocycles. The number of nitrogens with zero attached hydrogens (tertiary/aromatic N) is 2. The first-order valence-corrected chi connectivity index (χ1v) is 6.01. The predicted octanol–water partition coefficient (Wildman–Crippen LogP) is 0.611. The van der Waals surface area contributed by atoms with Crippen LogP contribution in [0.4, 0.5) is 0 Å². The minimum Gasteiger partial charge on any atom is -0.303 e. The van der Waals surface area contributed by atoms with Gasteiger partial charge in [0.05, 0.1) is 5.56 Å². The minimum atomic E-state index is -0.364. The molecule has 1 saturated carbocycles. The van der Waals surface area contributed by atoms with Crippen molar-refractivity contribution >= 4 is 11.9 Å². The van der Waals surface area contributed by atoms with Gasteiger partial charge < -0.3 is 4.57 Å². The lowest BCUT2D eigenvalue weighted by atomic mass is 9.92. The van der Waals surface area contributed by atoms with E-state index in [2.05, 4.69) is 0 Å². The van der Waals surface area contributed by atoms with Gasteiger partial charge >= 0.3 is 5.69 Å². The zero-order chi connectivity index (χ0) is 13.3. The van der Waals surface area contributed by atoms with Crippen LogP contribution >= 0.6 is 0 Å². The zero-order valence-electron chi connectivity index (χ0n) is 10.6. The molecule has 1 aliphatic carbocycles. The van der Waals surface area contributed by atoms with E-state index in [0.29, 0.717) is 24.0 Å². The number of rotatable bonds is 1. The average Bonchev–Trinajstić information content (AvgIpc) is 2.36. The lowest BCUT2D eigenvalue weighted by Gasteiger charge is -2.12. The molecule has 0 bridgehead atoms. The fraction of sp³-hybridized carbons (Fsp3) is 0.462. The molecular weight excluding hydrogens is 232 g/mol. The molecule has 96 valence electrons. The van der Waals surface area contributed by atoms with Crippen molar-refractivity contribution in [1.82, 2.24) is 9.13 Å². The highest BCUT2D eigenvalue weighted by molar-refractivity contribution is 5.99. The van der Waals surface area contributed by atoms with E-state index in [4.69, 9.17) is 0 Å². The van der Waals surface area contributed by atoms with Crippen LogP contribution in [0.25, 0.3) is 6.08 Å². The van der Waals surface area contributed by atoms with E-state index in [0.717, 1.165) is 17.4 Å². The first kappa shape index (κ1) is 12.5. The van der Waals surface area contributed by atoms with Gasteiger partial charge in [0.25, 0.3) is 5.56 Å². The number of ketones is 1. The van der Waals surface area contributed by atoms with E-state index < -0.39 is 0 Å². The van der Waals surface area contributed by atoms with E-state index in [1.54, 1.807) is 13.1 Å². The lowest BCUT2D eigenvalue weighted by molar-refractivity contribution is -0.116. The summed E-state index contributed by atoms with van der Waals surface area (Å²) >= 11 is 0. The molecule has 0 amide bonds. The van der Waals surface area contributed by atoms with E-state index in [-0.39, 0.29) is 17.0 Å². The molecule has 0 N–H and O–H groups in total. The second kappa shape index (κ2) is 4.76. The Hall–Kier alpha value is -1.91. The molecule has 0 aliphatic heterocycles. The standard InChI is InChI=1S/C13H16N2O3/c1-14-8-10(12(17)15(2)13(14)18)7-9-5-3-4-6-11(9)16/h7-8H,3-6H2,1-2H3/b9-7+. The zero-order valence-corrected chi connectivity index (χ0v) is 10.6. The van der Waals surface area contributed by atoms with Crippen molar-refractivity contribution < 1.29 is 4.79 Å². The van der Waals surface area contributed by atoms with Crippen molar-refractivity contribution in [3.05, 3.63) is 38.2 Å². The van der Waals surface area contributed by atoms with Crippen LogP contribution in [0, 0.1) is 0 Å². The quantitative estimate of drug-likeness (QED) is 0.684. The summed E-state index contributed by atoms with van der Waals surface area (Å²) in [5.41, 5.74) is 0.364. The van der Waals surface area contributed by atoms with Gasteiger partial charge in [0.1, 0.15) is 0 Å². The molecule has 1 aromatic rings. The van der Waals surface area contributed by atoms with Gasteiger partial charge in [-0.2, -0.15) is 0 Å². The molecule has 1 heterocycles. The van der Waals surface area contributed by atoms with Gasteiger partial charge in [-0.15, -0.1) is 0 Å². The van der Waals surface area contributed by atoms with E-state index in [9.17, 15) is 14.4 Å². The molecule has 5 nitrogen and oxygen atoms in total. The van der Waals surface area contributed by atoms with Crippen LogP contribution in [0.5, 0.6) is 0 Å². The van der Waals surface area contributed by atoms with Crippen LogP contribution in [0.1, 0.15) is 31.2 Å². The Kier molecular flexibility index (Phi) is 3.32. The van der Waals surface area contributed by atoms with Crippen molar-refractivity contribution in [3.8, 4) is 0 Å². The SMILES string of the molecule is Cn1cc(/C=C2\CCCCC2=O)c(=O)n(C)c1=O. The van der Waals surface area contributed by atoms with Crippen LogP contribution in [0.15, 0.2) is 21.4 Å². The van der Waals surface area contributed by atoms with Gasteiger partial charge in [-0.1, -0.05) is 0 Å². The third-order valence-corrected chi connectivity index (χ3v) is 3.26. The van der Waals surface area contributed by atoms with E-state index in [1.807, 2.05) is 0 Å². The molecular formula is C13H16N2O3. The summed E-state index contributed by atoms with van der Waals surface area (Å²) in [6.45, 7) is 0. The summed E-state index contributed by atoms with van der Waals surface area (Å²) in [6.07, 6.45) is 6.27. The van der Waals surface area contributed by atoms with Gasteiger partial charge in [0, 0.05) is 26.7 Å². The Morgan fingerprint density at radius 1 is 1.11 bits per heavy atom. The topological polar surface area (TPSA) is 61.1 Å². The molecule has 0 saturated heterocycles. The summed E-state index contributed by atoms with van der Waals surface area (Å²) in [4.78, 5) is 35.2. The average molecular weight is 248 g/mol. The van der Waals surface area contributed by atoms with Crippen molar-refractivity contribution in [2.45, 2.75) is 25.7 Å². The Bertz CT molecular complexity index is 635. The number of carbonyl (C=O) groups excluding carboxylic acids is 1. The van der Waals surface area contributed by atoms with E-state index in [1.165, 1.54) is 17.8 Å². The van der Waals surface area contributed by atoms with Gasteiger partial charge in [-0.25, -0.2) is 4.79 Å². The maximum absolute atomic E-state index is 11.9. The highest BCUT2D eigenvalue weighted by Gasteiger charge is 2.15. The Balaban J connectivity index is 2.53. The normalized spacial score (nSPS) is 18.3. The number of Topliss-reactive ketones (excluding diaryl/α,β-unsaturated/α-hetero) is 1. The molecule has 5 heteroatoms. The lowest BCUT2D eigenvalue weighted by Crippen LogP contribution is -2.37. The molecule has 2 rings (SSSR count). The molecule has 0 spiro atoms. The highest BCUT2D eigenvalue weighted by Crippen LogP contribution is 2.21. The fourth-order valence-electron chi connectivity index (χ4n) is 2.18. The van der Waals surface area contributed by atoms with Gasteiger partial charge in [-0.3, -0.25) is 14.2 Å². The largest absolute Gasteiger partial charge is 0.330 e. The number of hydrogen-bond acceptors (Lipinski definition) is 3. The van der Waals surface area contributed by atoms with Crippen molar-refractivity contribution in [2.24, 2.45) is 14.1 Å². The molecule has 18 heavy (non-hydrogen) atoms. The maximum atomic E-state index is 11.9. The Morgan fingerprint density at radius 2 is 1.78 bits per heavy atom. The molecule has 1 aliphatic rings. The summed E-state index contributed by atoms with van der Waals surface area (Å²) in [7, 11) is 3.03. The summed E-state index contributed by atoms with van der Waals surface area (Å²) in [5, 5.41) is 0. The predicted molar refractivity (Wildman–Crippen MR) is 68.4 cm³/mol. The molecule has 0 radical (unpaired) electrons. The summed E-state index contributed by atoms with van der Waals surface area (Å²) in [5.74, 6) is 0.108. The third-order valence-electron chi connectivity index (χ3n) is 3.26. The van der Waals surface area contributed by atoms with Crippen LogP contribution in [-0.2, 0) is 18.9 Å². The Labute approximate surface area is 104 Å². The number of aromatic nitrogens is 2. The first-order chi connectivity index (χ1) is 8.50. The van der Waals surface area contributed by atoms with E-state index >= 15 is 0 Å². The number of allylic oxidation sites excluding steroid dienone is 1. The number of aryl methyl sites for hydroxylation is 1. The first-order valence-electron chi connectivity index (χ1n) is 6.01. The van der Waals surface area contributed by atoms with Crippen LogP contribution in [-0.4, -0.2) is 14.9 Å². The van der Waals surface area contributed by atoms with Gasteiger partial charge in [0.2, 0.25) is 0 Å². The summed E-state index contributed by atoms with van der Waals surface area (Å²) in [6, 6.07) is 0. The van der Waals surface area contributed by atoms with Crippen LogP contribution < -0.4 is 11.2 Å². The second-order valence-electron chi connectivity index (χ2n) is 4.64. The molecule has 0 unspecified atom stereocenters. The van der Waals surface area contributed by atoms with Gasteiger partial charge in [0.15, 0.2) is 5.78 Å². The molecule has 0 atom stereocenters. The molecule has 1 aromatic heterocycles. The fourth-order valence-corrected chi connectivity index (χ4v) is 2.18. The van der Waals surface area contributed by atoms with Crippen molar-refractivity contribution in [3.63, 3.8) is 0 Å². The third kappa shape index (κ3) is 2.20. The number of hydrogen-bond donors (Lipinski definition) is 0. The summed E-state index contributed by atoms with van der Waals surface area (Å²) < 4.78 is 2.40. The minimum absolute atomic E-state index is 0.108. The van der Waals surface area contributed by atoms with Crippen molar-refractivity contribution in [1.29, 1.82) is 0 Å². The smallest absolute Gasteiger partial charge is 0.303 e. The second-order valence-corrected chi connectivity index (χ2v) is 4.64. The monoisotopic (exact) mass is 248 g/mol. The van der Waals surface area contributed by atoms with Crippen LogP contribution in [0.3, 0.4) is 0 Å². The van der Waals surface area contributed by atoms with Crippen LogP contribution in [0.2, 0.25) is 0 Å². The van der Waals surface area contributed by atoms with Crippen molar-refractivity contribution in [2.75, 3.05) is 0 Å².